The van der Waals surface area contributed by atoms with Crippen molar-refractivity contribution < 1.29 is 13.2 Å². The molecule has 2 atom stereocenters. The van der Waals surface area contributed by atoms with Gasteiger partial charge in [0.2, 0.25) is 5.91 Å². The first kappa shape index (κ1) is 19.4. The highest BCUT2D eigenvalue weighted by Crippen LogP contribution is 2.38. The highest BCUT2D eigenvalue weighted by atomic mass is 35.5. The minimum Gasteiger partial charge on any atom is -0.348 e. The molecule has 1 heterocycles. The van der Waals surface area contributed by atoms with Crippen molar-refractivity contribution in [2.75, 3.05) is 6.54 Å². The summed E-state index contributed by atoms with van der Waals surface area (Å²) in [7, 11) is -3.65. The van der Waals surface area contributed by atoms with Crippen LogP contribution in [0, 0.1) is 5.92 Å². The van der Waals surface area contributed by atoms with Gasteiger partial charge in [-0.3, -0.25) is 4.79 Å². The molecule has 1 aromatic rings. The van der Waals surface area contributed by atoms with Crippen LogP contribution in [0.4, 0.5) is 0 Å². The summed E-state index contributed by atoms with van der Waals surface area (Å²) in [6.45, 7) is 3.78. The molecule has 0 radical (unpaired) electrons. The van der Waals surface area contributed by atoms with Crippen molar-refractivity contribution in [3.05, 3.63) is 17.5 Å². The van der Waals surface area contributed by atoms with Crippen LogP contribution in [-0.4, -0.2) is 32.5 Å². The molecule has 2 rings (SSSR count). The van der Waals surface area contributed by atoms with E-state index in [2.05, 4.69) is 10.0 Å². The topological polar surface area (TPSA) is 101 Å². The molecule has 1 saturated carbocycles. The quantitative estimate of drug-likeness (QED) is 0.671. The van der Waals surface area contributed by atoms with Crippen molar-refractivity contribution in [1.29, 1.82) is 0 Å². The van der Waals surface area contributed by atoms with Gasteiger partial charge >= 0.3 is 0 Å². The maximum Gasteiger partial charge on any atom is 0.250 e. The molecule has 0 saturated heterocycles. The van der Waals surface area contributed by atoms with E-state index in [0.717, 1.165) is 24.2 Å². The Morgan fingerprint density at radius 3 is 2.64 bits per heavy atom. The minimum absolute atomic E-state index is 0. The molecule has 2 unspecified atom stereocenters. The molecule has 0 spiro atoms. The Bertz CT molecular complexity index is 602. The number of halogens is 1. The van der Waals surface area contributed by atoms with Gasteiger partial charge in [-0.15, -0.1) is 23.7 Å². The lowest BCUT2D eigenvalue weighted by molar-refractivity contribution is -0.124. The van der Waals surface area contributed by atoms with Crippen molar-refractivity contribution in [1.82, 2.24) is 10.0 Å². The summed E-state index contributed by atoms with van der Waals surface area (Å²) < 4.78 is 26.8. The monoisotopic (exact) mass is 367 g/mol. The Morgan fingerprint density at radius 1 is 1.55 bits per heavy atom. The van der Waals surface area contributed by atoms with Crippen LogP contribution < -0.4 is 15.8 Å². The van der Waals surface area contributed by atoms with E-state index in [0.29, 0.717) is 12.5 Å². The fraction of sp³-hybridized carbons (Fsp3) is 0.615. The third-order valence-electron chi connectivity index (χ3n) is 3.80. The summed E-state index contributed by atoms with van der Waals surface area (Å²) in [5, 5.41) is 4.56. The van der Waals surface area contributed by atoms with Gasteiger partial charge in [0.1, 0.15) is 4.21 Å². The Balaban J connectivity index is 0.00000242. The molecule has 1 fully saturated rings. The van der Waals surface area contributed by atoms with Crippen LogP contribution in [0.15, 0.2) is 21.7 Å². The van der Waals surface area contributed by atoms with Crippen molar-refractivity contribution in [3.63, 3.8) is 0 Å². The number of hydrogen-bond acceptors (Lipinski definition) is 5. The van der Waals surface area contributed by atoms with Gasteiger partial charge in [-0.1, -0.05) is 6.07 Å². The van der Waals surface area contributed by atoms with Crippen LogP contribution in [-0.2, 0) is 14.8 Å². The number of sulfonamides is 1. The van der Waals surface area contributed by atoms with Gasteiger partial charge < -0.3 is 11.1 Å². The van der Waals surface area contributed by atoms with Crippen molar-refractivity contribution >= 4 is 39.7 Å². The van der Waals surface area contributed by atoms with Gasteiger partial charge in [0, 0.05) is 6.54 Å². The molecule has 9 heteroatoms. The van der Waals surface area contributed by atoms with E-state index in [1.807, 2.05) is 6.92 Å². The summed E-state index contributed by atoms with van der Waals surface area (Å²) in [5.74, 6) is 0.0301. The average Bonchev–Trinajstić information content (AvgIpc) is 3.13. The standard InChI is InChI=1S/C13H21N3O3S2.ClH/c1-9(16-21(18,19)11-4-3-7-20-11)12(17)15-13(2,8-14)10-5-6-10;/h3-4,7,9-10,16H,5-6,8,14H2,1-2H3,(H,15,17);1H. The van der Waals surface area contributed by atoms with Gasteiger partial charge in [-0.05, 0) is 44.1 Å². The van der Waals surface area contributed by atoms with Crippen LogP contribution in [0.2, 0.25) is 0 Å². The SMILES string of the molecule is CC(NS(=O)(=O)c1cccs1)C(=O)NC(C)(CN)C1CC1.Cl. The third kappa shape index (κ3) is 4.42. The second-order valence-electron chi connectivity index (χ2n) is 5.66. The lowest BCUT2D eigenvalue weighted by atomic mass is 9.95. The molecule has 126 valence electrons. The Kier molecular flexibility index (Phi) is 6.40. The minimum atomic E-state index is -3.65. The Morgan fingerprint density at radius 2 is 2.18 bits per heavy atom. The fourth-order valence-corrected chi connectivity index (χ4v) is 4.40. The van der Waals surface area contributed by atoms with E-state index in [1.54, 1.807) is 11.4 Å². The lowest BCUT2D eigenvalue weighted by Crippen LogP contribution is -2.57. The normalized spacial score (nSPS) is 18.9. The Labute approximate surface area is 141 Å². The smallest absolute Gasteiger partial charge is 0.250 e. The van der Waals surface area contributed by atoms with Crippen LogP contribution in [0.5, 0.6) is 0 Å². The highest BCUT2D eigenvalue weighted by Gasteiger charge is 2.42. The summed E-state index contributed by atoms with van der Waals surface area (Å²) in [6, 6.07) is 2.32. The second kappa shape index (κ2) is 7.27. The number of nitrogens with two attached hydrogens (primary N) is 1. The van der Waals surface area contributed by atoms with Gasteiger partial charge in [0.25, 0.3) is 10.0 Å². The molecule has 1 amide bonds. The number of carbonyl (C=O) groups is 1. The predicted molar refractivity (Wildman–Crippen MR) is 89.7 cm³/mol. The first-order valence-corrected chi connectivity index (χ1v) is 9.23. The largest absolute Gasteiger partial charge is 0.348 e. The fourth-order valence-electron chi connectivity index (χ4n) is 2.19. The molecule has 4 N–H and O–H groups in total. The Hall–Kier alpha value is -0.670. The van der Waals surface area contributed by atoms with Crippen molar-refractivity contribution in [2.24, 2.45) is 11.7 Å². The first-order chi connectivity index (χ1) is 9.78. The number of hydrogen-bond donors (Lipinski definition) is 3. The first-order valence-electron chi connectivity index (χ1n) is 6.86. The molecule has 0 bridgehead atoms. The average molecular weight is 368 g/mol. The van der Waals surface area contributed by atoms with E-state index in [4.69, 9.17) is 5.73 Å². The summed E-state index contributed by atoms with van der Waals surface area (Å²) in [6.07, 6.45) is 2.09. The zero-order valence-electron chi connectivity index (χ0n) is 12.5. The molecule has 22 heavy (non-hydrogen) atoms. The number of rotatable bonds is 7. The van der Waals surface area contributed by atoms with Gasteiger partial charge in [-0.25, -0.2) is 8.42 Å². The van der Waals surface area contributed by atoms with E-state index in [9.17, 15) is 13.2 Å². The number of carbonyl (C=O) groups excluding carboxylic acids is 1. The van der Waals surface area contributed by atoms with E-state index in [-0.39, 0.29) is 22.5 Å². The summed E-state index contributed by atoms with van der Waals surface area (Å²) >= 11 is 1.11. The van der Waals surface area contributed by atoms with E-state index >= 15 is 0 Å². The van der Waals surface area contributed by atoms with Gasteiger partial charge in [0.15, 0.2) is 0 Å². The summed E-state index contributed by atoms with van der Waals surface area (Å²) in [5.41, 5.74) is 5.29. The molecule has 0 aliphatic heterocycles. The maximum absolute atomic E-state index is 12.2. The van der Waals surface area contributed by atoms with E-state index < -0.39 is 21.6 Å². The van der Waals surface area contributed by atoms with Crippen LogP contribution >= 0.6 is 23.7 Å². The van der Waals surface area contributed by atoms with Crippen molar-refractivity contribution in [3.8, 4) is 0 Å². The molecule has 6 nitrogen and oxygen atoms in total. The van der Waals surface area contributed by atoms with Gasteiger partial charge in [0.05, 0.1) is 11.6 Å². The molecule has 0 aromatic carbocycles. The zero-order chi connectivity index (χ0) is 15.7. The maximum atomic E-state index is 12.2. The number of amides is 1. The summed E-state index contributed by atoms with van der Waals surface area (Å²) in [4.78, 5) is 12.2. The molecular weight excluding hydrogens is 346 g/mol. The van der Waals surface area contributed by atoms with Crippen LogP contribution in [0.25, 0.3) is 0 Å². The number of nitrogens with one attached hydrogen (secondary N) is 2. The van der Waals surface area contributed by atoms with Crippen LogP contribution in [0.3, 0.4) is 0 Å². The predicted octanol–water partition coefficient (Wildman–Crippen LogP) is 1.08. The lowest BCUT2D eigenvalue weighted by Gasteiger charge is -2.31. The highest BCUT2D eigenvalue weighted by molar-refractivity contribution is 7.91. The zero-order valence-corrected chi connectivity index (χ0v) is 15.0. The molecule has 1 aromatic heterocycles. The van der Waals surface area contributed by atoms with Crippen molar-refractivity contribution in [2.45, 2.75) is 42.5 Å². The molecular formula is C13H22ClN3O3S2. The van der Waals surface area contributed by atoms with Gasteiger partial charge in [-0.2, -0.15) is 4.72 Å². The van der Waals surface area contributed by atoms with Crippen LogP contribution in [0.1, 0.15) is 26.7 Å². The van der Waals surface area contributed by atoms with E-state index in [1.165, 1.54) is 13.0 Å². The molecule has 1 aliphatic rings. The molecule has 1 aliphatic carbocycles. The number of thiophene rings is 1. The second-order valence-corrected chi connectivity index (χ2v) is 8.55. The third-order valence-corrected chi connectivity index (χ3v) is 6.73.